The van der Waals surface area contributed by atoms with Crippen LogP contribution in [0.15, 0.2) is 122 Å². The second kappa shape index (κ2) is 71.5. The molecule has 0 aliphatic carbocycles. The van der Waals surface area contributed by atoms with Crippen molar-refractivity contribution in [1.82, 2.24) is 0 Å². The van der Waals surface area contributed by atoms with E-state index in [-0.39, 0.29) is 38.6 Å². The molecule has 0 radical (unpaired) electrons. The molecule has 522 valence electrons. The highest BCUT2D eigenvalue weighted by Crippen LogP contribution is 2.18. The van der Waals surface area contributed by atoms with E-state index in [0.717, 1.165) is 89.9 Å². The first-order valence-corrected chi connectivity index (χ1v) is 37.7. The average molecular weight is 1270 g/mol. The summed E-state index contributed by atoms with van der Waals surface area (Å²) in [6, 6.07) is 0. The van der Waals surface area contributed by atoms with Crippen LogP contribution >= 0.6 is 0 Å². The molecule has 0 aromatic rings. The number of carboxylic acid groups (broad SMARTS) is 1. The highest BCUT2D eigenvalue weighted by molar-refractivity contribution is 5.71. The molecule has 0 heterocycles. The molecule has 0 aromatic carbocycles. The molecule has 0 saturated carbocycles. The number of nitrogens with zero attached hydrogens (tertiary/aromatic N) is 1. The Hall–Kier alpha value is -4.31. The van der Waals surface area contributed by atoms with Crippen LogP contribution in [0.5, 0.6) is 0 Å². The fourth-order valence-corrected chi connectivity index (χ4v) is 10.5. The maximum absolute atomic E-state index is 12.9. The normalized spacial score (nSPS) is 13.4. The van der Waals surface area contributed by atoms with Crippen LogP contribution in [0.1, 0.15) is 322 Å². The number of hydrogen-bond donors (Lipinski definition) is 1. The number of allylic oxidation sites excluding steroid dienone is 20. The molecule has 0 aliphatic rings. The van der Waals surface area contributed by atoms with Crippen molar-refractivity contribution < 1.29 is 42.9 Å². The van der Waals surface area contributed by atoms with Crippen molar-refractivity contribution in [3.8, 4) is 0 Å². The molecule has 9 heteroatoms. The van der Waals surface area contributed by atoms with Crippen molar-refractivity contribution in [3.63, 3.8) is 0 Å². The molecule has 0 fully saturated rings. The molecule has 0 amide bonds. The average Bonchev–Trinajstić information content (AvgIpc) is 3.46. The van der Waals surface area contributed by atoms with Crippen LogP contribution in [0.4, 0.5) is 0 Å². The SMILES string of the molecule is CC/C=C\C/C=C\C/C=C\C/C=C\C/C=C\C/C=C\C/C=C\C/C=C\CCCCC(=O)OC(COC(=O)CCCCCCCCCCCCCCCCCCCCCCCCCCCCC/C=C\C/C=C\CCCCCCC)COC(OCC[N+](C)(C)C)C(=O)O. The van der Waals surface area contributed by atoms with Gasteiger partial charge in [-0.2, -0.15) is 0 Å². The molecule has 0 bridgehead atoms. The number of unbranched alkanes of at least 4 members (excludes halogenated alkanes) is 34. The molecule has 0 saturated heterocycles. The Morgan fingerprint density at radius 3 is 0.956 bits per heavy atom. The molecular weight excluding hydrogens is 1130 g/mol. The van der Waals surface area contributed by atoms with Gasteiger partial charge in [0, 0.05) is 12.8 Å². The number of carboxylic acids is 1. The molecule has 2 unspecified atom stereocenters. The Bertz CT molecular complexity index is 1910. The molecule has 0 aliphatic heterocycles. The maximum Gasteiger partial charge on any atom is 0.361 e. The van der Waals surface area contributed by atoms with Crippen LogP contribution in [0, 0.1) is 0 Å². The summed E-state index contributed by atoms with van der Waals surface area (Å²) >= 11 is 0. The summed E-state index contributed by atoms with van der Waals surface area (Å²) in [6.07, 6.45) is 99.2. The van der Waals surface area contributed by atoms with Crippen molar-refractivity contribution in [1.29, 1.82) is 0 Å². The summed E-state index contributed by atoms with van der Waals surface area (Å²) in [4.78, 5) is 37.6. The summed E-state index contributed by atoms with van der Waals surface area (Å²) in [7, 11) is 5.96. The number of likely N-dealkylation sites (N-methyl/N-ethyl adjacent to an activating group) is 1. The van der Waals surface area contributed by atoms with Crippen molar-refractivity contribution in [2.45, 2.75) is 334 Å². The highest BCUT2D eigenvalue weighted by atomic mass is 16.7. The summed E-state index contributed by atoms with van der Waals surface area (Å²) in [5.41, 5.74) is 0. The molecule has 2 atom stereocenters. The lowest BCUT2D eigenvalue weighted by Crippen LogP contribution is -2.40. The molecule has 0 rings (SSSR count). The Kier molecular flexibility index (Phi) is 68.1. The number of aliphatic carboxylic acids is 1. The molecule has 9 nitrogen and oxygen atoms in total. The quantitative estimate of drug-likeness (QED) is 0.0211. The van der Waals surface area contributed by atoms with Gasteiger partial charge >= 0.3 is 17.9 Å². The topological polar surface area (TPSA) is 108 Å². The number of rotatable bonds is 69. The second-order valence-electron chi connectivity index (χ2n) is 26.2. The molecule has 0 aromatic heterocycles. The fraction of sp³-hybridized carbons (Fsp3) is 0.720. The van der Waals surface area contributed by atoms with Gasteiger partial charge in [-0.3, -0.25) is 9.59 Å². The molecular formula is C82H142NO8+. The monoisotopic (exact) mass is 1270 g/mol. The number of quaternary nitrogens is 1. The van der Waals surface area contributed by atoms with E-state index in [4.69, 9.17) is 18.9 Å². The van der Waals surface area contributed by atoms with E-state index in [0.29, 0.717) is 17.4 Å². The van der Waals surface area contributed by atoms with Crippen LogP contribution in [-0.2, 0) is 33.3 Å². The minimum Gasteiger partial charge on any atom is -0.477 e. The van der Waals surface area contributed by atoms with Gasteiger partial charge in [0.05, 0.1) is 34.4 Å². The minimum atomic E-state index is -1.53. The maximum atomic E-state index is 12.9. The van der Waals surface area contributed by atoms with E-state index in [9.17, 15) is 19.5 Å². The Balaban J connectivity index is 4.08. The predicted octanol–water partition coefficient (Wildman–Crippen LogP) is 23.9. The first-order valence-electron chi connectivity index (χ1n) is 37.7. The lowest BCUT2D eigenvalue weighted by Gasteiger charge is -2.25. The first kappa shape index (κ1) is 86.7. The Morgan fingerprint density at radius 1 is 0.341 bits per heavy atom. The van der Waals surface area contributed by atoms with Crippen LogP contribution in [-0.4, -0.2) is 87.4 Å². The van der Waals surface area contributed by atoms with E-state index in [1.165, 1.54) is 199 Å². The number of carbonyl (C=O) groups excluding carboxylic acids is 2. The van der Waals surface area contributed by atoms with Gasteiger partial charge in [0.15, 0.2) is 6.10 Å². The molecule has 1 N–H and O–H groups in total. The van der Waals surface area contributed by atoms with E-state index in [1.54, 1.807) is 0 Å². The van der Waals surface area contributed by atoms with E-state index in [1.807, 2.05) is 21.1 Å². The number of carbonyl (C=O) groups is 3. The van der Waals surface area contributed by atoms with Gasteiger partial charge in [-0.1, -0.05) is 322 Å². The third-order valence-corrected chi connectivity index (χ3v) is 16.2. The second-order valence-corrected chi connectivity index (χ2v) is 26.2. The zero-order chi connectivity index (χ0) is 66.1. The third kappa shape index (κ3) is 73.0. The van der Waals surface area contributed by atoms with Gasteiger partial charge in [0.2, 0.25) is 0 Å². The van der Waals surface area contributed by atoms with Crippen LogP contribution < -0.4 is 0 Å². The van der Waals surface area contributed by atoms with E-state index < -0.39 is 24.3 Å². The standard InChI is InChI=1S/C82H141NO8/c1-6-8-10-12-14-16-18-20-22-24-26-28-30-32-34-35-36-37-38-39-40-41-42-43-44-45-47-48-50-52-54-56-58-60-62-64-66-68-70-72-79(84)89-76-78(77-90-82(81(86)87)88-75-74-83(3,4)5)91-80(85)73-71-69-67-65-63-61-59-57-55-53-51-49-46-33-31-29-27-25-23-21-19-17-15-13-11-9-7-2/h9,11,15,17-18,20-21,23-24,26-27,29,33,46,51,53,57,59,63,65,78,82H,6-8,10,12-14,16,19,22,25,28,30-32,34-45,47-50,52,54-56,58,60-62,64,66-77H2,1-5H3/p+1/b11-9-,17-15-,20-18-,23-21-,26-24-,29-27-,46-33-,53-51-,59-57-,65-63-. The molecule has 91 heavy (non-hydrogen) atoms. The minimum absolute atomic E-state index is 0.174. The van der Waals surface area contributed by atoms with Crippen LogP contribution in [0.2, 0.25) is 0 Å². The zero-order valence-corrected chi connectivity index (χ0v) is 59.7. The summed E-state index contributed by atoms with van der Waals surface area (Å²) in [5, 5.41) is 9.75. The van der Waals surface area contributed by atoms with Gasteiger partial charge in [0.25, 0.3) is 6.29 Å². The van der Waals surface area contributed by atoms with Crippen molar-refractivity contribution >= 4 is 17.9 Å². The van der Waals surface area contributed by atoms with Crippen molar-refractivity contribution in [2.75, 3.05) is 47.5 Å². The van der Waals surface area contributed by atoms with Gasteiger partial charge in [-0.05, 0) is 109 Å². The smallest absolute Gasteiger partial charge is 0.361 e. The summed E-state index contributed by atoms with van der Waals surface area (Å²) in [5.74, 6) is -2.06. The first-order chi connectivity index (χ1) is 44.6. The van der Waals surface area contributed by atoms with Crippen molar-refractivity contribution in [3.05, 3.63) is 122 Å². The van der Waals surface area contributed by atoms with Gasteiger partial charge in [-0.25, -0.2) is 4.79 Å². The number of hydrogen-bond acceptors (Lipinski definition) is 7. The summed E-state index contributed by atoms with van der Waals surface area (Å²) in [6.45, 7) is 4.72. The Labute approximate surface area is 561 Å². The van der Waals surface area contributed by atoms with E-state index >= 15 is 0 Å². The number of esters is 2. The predicted molar refractivity (Wildman–Crippen MR) is 391 cm³/mol. The highest BCUT2D eigenvalue weighted by Gasteiger charge is 2.25. The Morgan fingerprint density at radius 2 is 0.626 bits per heavy atom. The van der Waals surface area contributed by atoms with E-state index in [2.05, 4.69) is 135 Å². The van der Waals surface area contributed by atoms with Crippen LogP contribution in [0.3, 0.4) is 0 Å². The number of ether oxygens (including phenoxy) is 4. The molecule has 0 spiro atoms. The lowest BCUT2D eigenvalue weighted by molar-refractivity contribution is -0.870. The van der Waals surface area contributed by atoms with Gasteiger partial charge in [-0.15, -0.1) is 0 Å². The van der Waals surface area contributed by atoms with Gasteiger partial charge in [0.1, 0.15) is 13.2 Å². The lowest BCUT2D eigenvalue weighted by atomic mass is 10.0. The van der Waals surface area contributed by atoms with Crippen LogP contribution in [0.25, 0.3) is 0 Å². The third-order valence-electron chi connectivity index (χ3n) is 16.2. The van der Waals surface area contributed by atoms with Crippen molar-refractivity contribution in [2.24, 2.45) is 0 Å². The zero-order valence-electron chi connectivity index (χ0n) is 59.7. The largest absolute Gasteiger partial charge is 0.477 e. The van der Waals surface area contributed by atoms with Gasteiger partial charge < -0.3 is 28.5 Å². The fourth-order valence-electron chi connectivity index (χ4n) is 10.5. The summed E-state index contributed by atoms with van der Waals surface area (Å²) < 4.78 is 22.9.